The average molecular weight is 494 g/mol. The summed E-state index contributed by atoms with van der Waals surface area (Å²) in [6.07, 6.45) is 0. The SMILES string of the molecule is O=S(=O)(O)C(c1ccc(Cl)cc1)(c1ccc(Cl)c(O)c1)c1c(Cl)ccc(Cl)c1O. The minimum Gasteiger partial charge on any atom is -0.506 e. The number of halogens is 4. The fourth-order valence-corrected chi connectivity index (χ4v) is 5.25. The lowest BCUT2D eigenvalue weighted by atomic mass is 9.83. The van der Waals surface area contributed by atoms with Gasteiger partial charge in [0.25, 0.3) is 10.1 Å². The molecular formula is C19H12Cl4O5S. The molecule has 3 aromatic rings. The molecule has 0 saturated carbocycles. The molecule has 0 heterocycles. The average Bonchev–Trinajstić information content (AvgIpc) is 2.64. The zero-order chi connectivity index (χ0) is 21.6. The molecule has 0 aromatic heterocycles. The van der Waals surface area contributed by atoms with Gasteiger partial charge in [0.1, 0.15) is 11.5 Å². The van der Waals surface area contributed by atoms with Crippen molar-refractivity contribution in [3.63, 3.8) is 0 Å². The lowest BCUT2D eigenvalue weighted by Crippen LogP contribution is -2.38. The zero-order valence-electron chi connectivity index (χ0n) is 14.3. The molecule has 0 amide bonds. The monoisotopic (exact) mass is 492 g/mol. The summed E-state index contributed by atoms with van der Waals surface area (Å²) in [6, 6.07) is 11.6. The van der Waals surface area contributed by atoms with E-state index in [9.17, 15) is 23.2 Å². The van der Waals surface area contributed by atoms with Crippen molar-refractivity contribution in [2.45, 2.75) is 4.75 Å². The molecule has 5 nitrogen and oxygen atoms in total. The van der Waals surface area contributed by atoms with Crippen molar-refractivity contribution in [3.8, 4) is 11.5 Å². The minimum absolute atomic E-state index is 0.00871. The Morgan fingerprint density at radius 2 is 1.24 bits per heavy atom. The number of aromatic hydroxyl groups is 2. The van der Waals surface area contributed by atoms with Gasteiger partial charge in [-0.05, 0) is 47.5 Å². The van der Waals surface area contributed by atoms with Crippen LogP contribution in [-0.4, -0.2) is 23.2 Å². The van der Waals surface area contributed by atoms with Crippen LogP contribution in [0.3, 0.4) is 0 Å². The van der Waals surface area contributed by atoms with Crippen LogP contribution in [0.1, 0.15) is 16.7 Å². The highest BCUT2D eigenvalue weighted by molar-refractivity contribution is 7.87. The topological polar surface area (TPSA) is 94.8 Å². The number of hydrogen-bond donors (Lipinski definition) is 3. The summed E-state index contributed by atoms with van der Waals surface area (Å²) < 4.78 is 33.9. The van der Waals surface area contributed by atoms with Crippen molar-refractivity contribution in [2.75, 3.05) is 0 Å². The Labute approximate surface area is 186 Å². The largest absolute Gasteiger partial charge is 0.506 e. The summed E-state index contributed by atoms with van der Waals surface area (Å²) in [4.78, 5) is 0. The molecule has 0 saturated heterocycles. The summed E-state index contributed by atoms with van der Waals surface area (Å²) in [5, 5.41) is 20.7. The van der Waals surface area contributed by atoms with Crippen LogP contribution in [-0.2, 0) is 14.9 Å². The molecule has 0 aliphatic rings. The molecule has 3 N–H and O–H groups in total. The summed E-state index contributed by atoms with van der Waals surface area (Å²) in [5.74, 6) is -1.09. The van der Waals surface area contributed by atoms with Gasteiger partial charge in [0.05, 0.1) is 10.0 Å². The molecule has 0 spiro atoms. The van der Waals surface area contributed by atoms with Crippen LogP contribution >= 0.6 is 46.4 Å². The predicted molar refractivity (Wildman–Crippen MR) is 114 cm³/mol. The van der Waals surface area contributed by atoms with Crippen molar-refractivity contribution in [1.29, 1.82) is 0 Å². The highest BCUT2D eigenvalue weighted by atomic mass is 35.5. The van der Waals surface area contributed by atoms with E-state index in [1.165, 1.54) is 48.5 Å². The van der Waals surface area contributed by atoms with Crippen LogP contribution < -0.4 is 0 Å². The maximum absolute atomic E-state index is 12.9. The zero-order valence-corrected chi connectivity index (χ0v) is 18.1. The highest BCUT2D eigenvalue weighted by Crippen LogP contribution is 2.52. The molecule has 152 valence electrons. The number of phenols is 2. The van der Waals surface area contributed by atoms with Gasteiger partial charge < -0.3 is 10.2 Å². The van der Waals surface area contributed by atoms with Gasteiger partial charge in [-0.3, -0.25) is 4.55 Å². The fraction of sp³-hybridized carbons (Fsp3) is 0.0526. The molecule has 1 unspecified atom stereocenters. The van der Waals surface area contributed by atoms with Gasteiger partial charge in [-0.2, -0.15) is 8.42 Å². The Hall–Kier alpha value is -1.67. The van der Waals surface area contributed by atoms with Crippen LogP contribution in [0.5, 0.6) is 11.5 Å². The van der Waals surface area contributed by atoms with Crippen molar-refractivity contribution in [1.82, 2.24) is 0 Å². The number of phenolic OH excluding ortho intramolecular Hbond substituents is 2. The molecule has 0 fully saturated rings. The molecule has 3 aromatic carbocycles. The first-order valence-corrected chi connectivity index (χ1v) is 10.8. The van der Waals surface area contributed by atoms with Crippen LogP contribution in [0, 0.1) is 0 Å². The second-order valence-electron chi connectivity index (χ2n) is 6.08. The second kappa shape index (κ2) is 7.87. The Bertz CT molecular complexity index is 1200. The van der Waals surface area contributed by atoms with E-state index in [0.29, 0.717) is 5.02 Å². The van der Waals surface area contributed by atoms with E-state index in [1.807, 2.05) is 0 Å². The van der Waals surface area contributed by atoms with E-state index in [0.717, 1.165) is 6.07 Å². The first-order valence-electron chi connectivity index (χ1n) is 7.89. The molecule has 0 aliphatic heterocycles. The van der Waals surface area contributed by atoms with Gasteiger partial charge in [0.2, 0.25) is 0 Å². The molecule has 0 radical (unpaired) electrons. The van der Waals surface area contributed by atoms with E-state index in [2.05, 4.69) is 0 Å². The van der Waals surface area contributed by atoms with E-state index < -0.39 is 31.9 Å². The molecule has 1 atom stereocenters. The number of benzene rings is 3. The van der Waals surface area contributed by atoms with Gasteiger partial charge >= 0.3 is 0 Å². The van der Waals surface area contributed by atoms with Gasteiger partial charge in [-0.25, -0.2) is 0 Å². The molecular weight excluding hydrogens is 482 g/mol. The van der Waals surface area contributed by atoms with Crippen molar-refractivity contribution in [2.24, 2.45) is 0 Å². The number of rotatable bonds is 4. The van der Waals surface area contributed by atoms with Gasteiger partial charge in [-0.15, -0.1) is 0 Å². The first-order chi connectivity index (χ1) is 13.5. The number of hydrogen-bond acceptors (Lipinski definition) is 4. The molecule has 0 aliphatic carbocycles. The standard InChI is InChI=1S/C19H12Cl4O5S/c20-12-4-1-10(2-5-12)19(29(26,27)28,11-3-6-13(21)16(24)9-11)17-14(22)7-8-15(23)18(17)25/h1-9,24-25H,(H,26,27,28). The molecule has 3 rings (SSSR count). The molecule has 0 bridgehead atoms. The Kier molecular flexibility index (Phi) is 5.98. The fourth-order valence-electron chi connectivity index (χ4n) is 3.17. The summed E-state index contributed by atoms with van der Waals surface area (Å²) in [5.41, 5.74) is -0.535. The van der Waals surface area contributed by atoms with Gasteiger partial charge in [0.15, 0.2) is 4.75 Å². The van der Waals surface area contributed by atoms with E-state index in [1.54, 1.807) is 0 Å². The Morgan fingerprint density at radius 1 is 0.724 bits per heavy atom. The van der Waals surface area contributed by atoms with Crippen LogP contribution in [0.25, 0.3) is 0 Å². The minimum atomic E-state index is -5.09. The predicted octanol–water partition coefficient (Wildman–Crippen LogP) is 5.89. The third-order valence-electron chi connectivity index (χ3n) is 4.42. The summed E-state index contributed by atoms with van der Waals surface area (Å²) in [6.45, 7) is 0. The Morgan fingerprint density at radius 3 is 1.79 bits per heavy atom. The van der Waals surface area contributed by atoms with E-state index in [-0.39, 0.29) is 26.2 Å². The smallest absolute Gasteiger partial charge is 0.283 e. The normalized spacial score (nSPS) is 13.8. The van der Waals surface area contributed by atoms with E-state index in [4.69, 9.17) is 46.4 Å². The van der Waals surface area contributed by atoms with Crippen molar-refractivity contribution in [3.05, 3.63) is 91.4 Å². The second-order valence-corrected chi connectivity index (χ2v) is 9.30. The molecule has 29 heavy (non-hydrogen) atoms. The maximum atomic E-state index is 12.9. The summed E-state index contributed by atoms with van der Waals surface area (Å²) >= 11 is 24.1. The van der Waals surface area contributed by atoms with Gasteiger partial charge in [0, 0.05) is 15.6 Å². The van der Waals surface area contributed by atoms with Crippen LogP contribution in [0.15, 0.2) is 54.6 Å². The van der Waals surface area contributed by atoms with Crippen molar-refractivity contribution < 1.29 is 23.2 Å². The lowest BCUT2D eigenvalue weighted by molar-refractivity contribution is 0.439. The quantitative estimate of drug-likeness (QED) is 0.311. The first kappa shape index (κ1) is 22.0. The highest BCUT2D eigenvalue weighted by Gasteiger charge is 2.52. The lowest BCUT2D eigenvalue weighted by Gasteiger charge is -2.34. The Balaban J connectivity index is 2.61. The van der Waals surface area contributed by atoms with Gasteiger partial charge in [-0.1, -0.05) is 64.6 Å². The van der Waals surface area contributed by atoms with Crippen LogP contribution in [0.2, 0.25) is 20.1 Å². The van der Waals surface area contributed by atoms with Crippen LogP contribution in [0.4, 0.5) is 0 Å². The maximum Gasteiger partial charge on any atom is 0.283 e. The van der Waals surface area contributed by atoms with Crippen molar-refractivity contribution >= 4 is 56.5 Å². The van der Waals surface area contributed by atoms with E-state index >= 15 is 0 Å². The molecule has 10 heteroatoms. The third-order valence-corrected chi connectivity index (χ3v) is 7.06. The third kappa shape index (κ3) is 3.65. The summed E-state index contributed by atoms with van der Waals surface area (Å²) in [7, 11) is -5.09.